The highest BCUT2D eigenvalue weighted by Crippen LogP contribution is 2.34. The van der Waals surface area contributed by atoms with Crippen LogP contribution in [0.15, 0.2) is 53.3 Å². The van der Waals surface area contributed by atoms with E-state index in [1.807, 2.05) is 12.1 Å². The minimum atomic E-state index is -0.253. The largest absolute Gasteiger partial charge is 0.337 e. The molecule has 1 unspecified atom stereocenters. The molecule has 1 fully saturated rings. The van der Waals surface area contributed by atoms with Crippen molar-refractivity contribution in [1.82, 2.24) is 20.0 Å². The van der Waals surface area contributed by atoms with Gasteiger partial charge in [0, 0.05) is 30.9 Å². The van der Waals surface area contributed by atoms with Gasteiger partial charge in [0.1, 0.15) is 6.04 Å². The number of rotatable bonds is 4. The molecule has 2 aromatic heterocycles. The summed E-state index contributed by atoms with van der Waals surface area (Å²) in [6.45, 7) is 0.409. The van der Waals surface area contributed by atoms with Gasteiger partial charge in [-0.15, -0.1) is 0 Å². The van der Waals surface area contributed by atoms with E-state index in [1.54, 1.807) is 41.6 Å². The Hall–Kier alpha value is -3.53. The molecule has 0 N–H and O–H groups in total. The second-order valence-electron chi connectivity index (χ2n) is 6.08. The van der Waals surface area contributed by atoms with Crippen LogP contribution in [0.25, 0.3) is 11.4 Å². The summed E-state index contributed by atoms with van der Waals surface area (Å²) < 4.78 is 5.44. The number of amides is 1. The summed E-state index contributed by atoms with van der Waals surface area (Å²) in [7, 11) is 0. The van der Waals surface area contributed by atoms with E-state index in [1.165, 1.54) is 0 Å². The molecule has 3 aromatic rings. The summed E-state index contributed by atoms with van der Waals surface area (Å²) in [6.07, 6.45) is 4.40. The lowest BCUT2D eigenvalue weighted by Gasteiger charge is -2.22. The fraction of sp³-hybridized carbons (Fsp3) is 0.211. The molecule has 1 aromatic carbocycles. The van der Waals surface area contributed by atoms with E-state index in [0.717, 1.165) is 11.1 Å². The smallest absolute Gasteiger partial charge is 0.249 e. The Labute approximate surface area is 149 Å². The number of benzene rings is 1. The first-order valence-corrected chi connectivity index (χ1v) is 8.27. The number of nitriles is 1. The third kappa shape index (κ3) is 3.05. The average molecular weight is 345 g/mol. The summed E-state index contributed by atoms with van der Waals surface area (Å²) in [6, 6.07) is 12.7. The maximum atomic E-state index is 12.4. The molecule has 0 aliphatic carbocycles. The van der Waals surface area contributed by atoms with E-state index in [4.69, 9.17) is 9.78 Å². The van der Waals surface area contributed by atoms with Crippen molar-refractivity contribution in [3.8, 4) is 17.5 Å². The Kier molecular flexibility index (Phi) is 4.15. The van der Waals surface area contributed by atoms with Crippen molar-refractivity contribution < 1.29 is 9.32 Å². The van der Waals surface area contributed by atoms with Crippen molar-refractivity contribution in [1.29, 1.82) is 5.26 Å². The van der Waals surface area contributed by atoms with Crippen LogP contribution >= 0.6 is 0 Å². The minimum absolute atomic E-state index is 0.0426. The maximum absolute atomic E-state index is 12.4. The van der Waals surface area contributed by atoms with Gasteiger partial charge in [0.2, 0.25) is 17.6 Å². The molecule has 1 saturated heterocycles. The number of pyridine rings is 1. The van der Waals surface area contributed by atoms with Crippen LogP contribution in [0.3, 0.4) is 0 Å². The zero-order valence-corrected chi connectivity index (χ0v) is 13.9. The molecule has 1 amide bonds. The molecular weight excluding hydrogens is 330 g/mol. The van der Waals surface area contributed by atoms with Gasteiger partial charge in [-0.25, -0.2) is 0 Å². The van der Waals surface area contributed by atoms with Gasteiger partial charge in [0.05, 0.1) is 11.6 Å². The fourth-order valence-electron chi connectivity index (χ4n) is 3.11. The van der Waals surface area contributed by atoms with Gasteiger partial charge in [0.25, 0.3) is 0 Å². The molecule has 3 heterocycles. The van der Waals surface area contributed by atoms with Crippen LogP contribution in [0.1, 0.15) is 35.9 Å². The van der Waals surface area contributed by atoms with Gasteiger partial charge in [0.15, 0.2) is 0 Å². The van der Waals surface area contributed by atoms with E-state index < -0.39 is 0 Å². The first-order valence-electron chi connectivity index (χ1n) is 8.27. The molecule has 0 radical (unpaired) electrons. The second kappa shape index (κ2) is 6.76. The average Bonchev–Trinajstić information content (AvgIpc) is 3.30. The molecule has 4 rings (SSSR count). The lowest BCUT2D eigenvalue weighted by atomic mass is 10.1. The van der Waals surface area contributed by atoms with Crippen molar-refractivity contribution in [2.24, 2.45) is 0 Å². The predicted molar refractivity (Wildman–Crippen MR) is 91.2 cm³/mol. The van der Waals surface area contributed by atoms with Gasteiger partial charge in [-0.05, 0) is 36.2 Å². The number of likely N-dealkylation sites (tertiary alicyclic amines) is 1. The van der Waals surface area contributed by atoms with Crippen LogP contribution < -0.4 is 0 Å². The van der Waals surface area contributed by atoms with Gasteiger partial charge in [-0.3, -0.25) is 9.78 Å². The molecule has 0 bridgehead atoms. The van der Waals surface area contributed by atoms with Crippen molar-refractivity contribution in [2.45, 2.75) is 25.4 Å². The Morgan fingerprint density at radius 1 is 1.27 bits per heavy atom. The molecule has 7 nitrogen and oxygen atoms in total. The van der Waals surface area contributed by atoms with E-state index in [0.29, 0.717) is 36.7 Å². The number of hydrogen-bond acceptors (Lipinski definition) is 6. The zero-order chi connectivity index (χ0) is 17.9. The van der Waals surface area contributed by atoms with Crippen molar-refractivity contribution >= 4 is 5.91 Å². The number of aromatic nitrogens is 3. The first kappa shape index (κ1) is 16.0. The number of carbonyl (C=O) groups is 1. The van der Waals surface area contributed by atoms with Crippen LogP contribution in [0.2, 0.25) is 0 Å². The van der Waals surface area contributed by atoms with Crippen LogP contribution in [-0.2, 0) is 11.3 Å². The minimum Gasteiger partial charge on any atom is -0.337 e. The SMILES string of the molecule is N#Cc1cccc(CN2C(=O)CCC2c2nc(-c3ccncc3)no2)c1. The summed E-state index contributed by atoms with van der Waals surface area (Å²) >= 11 is 0. The summed E-state index contributed by atoms with van der Waals surface area (Å²) in [5.74, 6) is 0.952. The van der Waals surface area contributed by atoms with E-state index >= 15 is 0 Å². The number of carbonyl (C=O) groups excluding carboxylic acids is 1. The third-order valence-electron chi connectivity index (χ3n) is 4.40. The summed E-state index contributed by atoms with van der Waals surface area (Å²) in [5.41, 5.74) is 2.29. The molecule has 0 saturated carbocycles. The summed E-state index contributed by atoms with van der Waals surface area (Å²) in [5, 5.41) is 13.1. The van der Waals surface area contributed by atoms with E-state index in [9.17, 15) is 4.79 Å². The number of hydrogen-bond donors (Lipinski definition) is 0. The van der Waals surface area contributed by atoms with Crippen LogP contribution in [0, 0.1) is 11.3 Å². The van der Waals surface area contributed by atoms with E-state index in [-0.39, 0.29) is 11.9 Å². The molecule has 128 valence electrons. The van der Waals surface area contributed by atoms with Crippen LogP contribution in [-0.4, -0.2) is 25.9 Å². The Morgan fingerprint density at radius 3 is 2.92 bits per heavy atom. The Balaban J connectivity index is 1.59. The first-order chi connectivity index (χ1) is 12.7. The Bertz CT molecular complexity index is 977. The lowest BCUT2D eigenvalue weighted by Crippen LogP contribution is -2.27. The van der Waals surface area contributed by atoms with Gasteiger partial charge >= 0.3 is 0 Å². The molecular formula is C19H15N5O2. The monoisotopic (exact) mass is 345 g/mol. The van der Waals surface area contributed by atoms with E-state index in [2.05, 4.69) is 21.2 Å². The molecule has 26 heavy (non-hydrogen) atoms. The zero-order valence-electron chi connectivity index (χ0n) is 13.9. The fourth-order valence-corrected chi connectivity index (χ4v) is 3.11. The van der Waals surface area contributed by atoms with Crippen molar-refractivity contribution in [3.63, 3.8) is 0 Å². The molecule has 0 spiro atoms. The third-order valence-corrected chi connectivity index (χ3v) is 4.40. The topological polar surface area (TPSA) is 95.9 Å². The highest BCUT2D eigenvalue weighted by atomic mass is 16.5. The predicted octanol–water partition coefficient (Wildman–Crippen LogP) is 2.87. The molecule has 1 aliphatic heterocycles. The highest BCUT2D eigenvalue weighted by Gasteiger charge is 2.36. The molecule has 7 heteroatoms. The van der Waals surface area contributed by atoms with Gasteiger partial charge < -0.3 is 9.42 Å². The summed E-state index contributed by atoms with van der Waals surface area (Å²) in [4.78, 5) is 22.5. The van der Waals surface area contributed by atoms with Crippen LogP contribution in [0.5, 0.6) is 0 Å². The van der Waals surface area contributed by atoms with Crippen molar-refractivity contribution in [2.75, 3.05) is 0 Å². The van der Waals surface area contributed by atoms with Crippen molar-refractivity contribution in [3.05, 3.63) is 65.8 Å². The van der Waals surface area contributed by atoms with Crippen LogP contribution in [0.4, 0.5) is 0 Å². The van der Waals surface area contributed by atoms with Gasteiger partial charge in [-0.2, -0.15) is 10.2 Å². The quantitative estimate of drug-likeness (QED) is 0.721. The Morgan fingerprint density at radius 2 is 2.12 bits per heavy atom. The molecule has 1 atom stereocenters. The number of nitrogens with zero attached hydrogens (tertiary/aromatic N) is 5. The lowest BCUT2D eigenvalue weighted by molar-refractivity contribution is -0.129. The maximum Gasteiger partial charge on any atom is 0.249 e. The highest BCUT2D eigenvalue weighted by molar-refractivity contribution is 5.78. The second-order valence-corrected chi connectivity index (χ2v) is 6.08. The normalized spacial score (nSPS) is 16.7. The molecule has 1 aliphatic rings. The van der Waals surface area contributed by atoms with Gasteiger partial charge in [-0.1, -0.05) is 17.3 Å². The standard InChI is InChI=1S/C19H15N5O2/c20-11-13-2-1-3-14(10-13)12-24-16(4-5-17(24)25)19-22-18(23-26-19)15-6-8-21-9-7-15/h1-3,6-10,16H,4-5,12H2.